The number of rotatable bonds is 8. The van der Waals surface area contributed by atoms with Gasteiger partial charge in [0.2, 0.25) is 11.8 Å². The second kappa shape index (κ2) is 9.30. The number of para-hydroxylation sites is 1. The predicted molar refractivity (Wildman–Crippen MR) is 94.0 cm³/mol. The quantitative estimate of drug-likeness (QED) is 0.796. The highest BCUT2D eigenvalue weighted by Gasteiger charge is 2.18. The molecule has 0 heterocycles. The molecular formula is C19H28N2O3. The number of ether oxygens (including phenoxy) is 1. The van der Waals surface area contributed by atoms with Gasteiger partial charge in [-0.15, -0.1) is 0 Å². The van der Waals surface area contributed by atoms with Crippen molar-refractivity contribution in [2.45, 2.75) is 51.5 Å². The molecule has 0 saturated heterocycles. The lowest BCUT2D eigenvalue weighted by Gasteiger charge is -2.22. The molecule has 1 aliphatic rings. The summed E-state index contributed by atoms with van der Waals surface area (Å²) in [6.45, 7) is 2.60. The van der Waals surface area contributed by atoms with Crippen molar-refractivity contribution in [1.82, 2.24) is 10.2 Å². The van der Waals surface area contributed by atoms with E-state index in [1.807, 2.05) is 24.3 Å². The molecule has 1 fully saturated rings. The molecule has 2 amide bonds. The highest BCUT2D eigenvalue weighted by atomic mass is 16.5. The third kappa shape index (κ3) is 5.55. The number of hydrogen-bond donors (Lipinski definition) is 1. The summed E-state index contributed by atoms with van der Waals surface area (Å²) in [6.07, 6.45) is 5.63. The fourth-order valence-corrected chi connectivity index (χ4v) is 3.20. The lowest BCUT2D eigenvalue weighted by Crippen LogP contribution is -2.37. The Balaban J connectivity index is 1.80. The summed E-state index contributed by atoms with van der Waals surface area (Å²) in [5.41, 5.74) is 1.07. The summed E-state index contributed by atoms with van der Waals surface area (Å²) in [5.74, 6) is 0.879. The second-order valence-corrected chi connectivity index (χ2v) is 6.37. The fourth-order valence-electron chi connectivity index (χ4n) is 3.20. The number of carbonyl (C=O) groups is 2. The minimum Gasteiger partial charge on any atom is -0.496 e. The molecule has 1 aliphatic carbocycles. The molecule has 1 aromatic carbocycles. The first-order valence-corrected chi connectivity index (χ1v) is 8.77. The molecule has 0 spiro atoms. The zero-order valence-electron chi connectivity index (χ0n) is 14.7. The lowest BCUT2D eigenvalue weighted by atomic mass is 10.1. The van der Waals surface area contributed by atoms with E-state index in [1.54, 1.807) is 18.9 Å². The topological polar surface area (TPSA) is 58.6 Å². The van der Waals surface area contributed by atoms with Gasteiger partial charge in [0, 0.05) is 32.5 Å². The molecular weight excluding hydrogens is 304 g/mol. The van der Waals surface area contributed by atoms with Gasteiger partial charge in [-0.3, -0.25) is 9.59 Å². The minimum atomic E-state index is -0.00133. The van der Waals surface area contributed by atoms with Crippen LogP contribution in [0, 0.1) is 0 Å². The Bertz CT molecular complexity index is 553. The third-order valence-corrected chi connectivity index (χ3v) is 4.62. The van der Waals surface area contributed by atoms with E-state index in [0.29, 0.717) is 32.0 Å². The van der Waals surface area contributed by atoms with Crippen LogP contribution in [-0.4, -0.2) is 43.0 Å². The number of amides is 2. The van der Waals surface area contributed by atoms with Gasteiger partial charge < -0.3 is 15.0 Å². The van der Waals surface area contributed by atoms with Gasteiger partial charge in [0.1, 0.15) is 5.75 Å². The van der Waals surface area contributed by atoms with Gasteiger partial charge in [-0.05, 0) is 30.9 Å². The van der Waals surface area contributed by atoms with Gasteiger partial charge in [0.05, 0.1) is 7.11 Å². The van der Waals surface area contributed by atoms with Crippen LogP contribution in [0.3, 0.4) is 0 Å². The molecule has 5 heteroatoms. The van der Waals surface area contributed by atoms with E-state index in [1.165, 1.54) is 12.8 Å². The summed E-state index contributed by atoms with van der Waals surface area (Å²) >= 11 is 0. The van der Waals surface area contributed by atoms with E-state index in [4.69, 9.17) is 4.74 Å². The van der Waals surface area contributed by atoms with E-state index in [9.17, 15) is 9.59 Å². The van der Waals surface area contributed by atoms with Crippen molar-refractivity contribution in [3.63, 3.8) is 0 Å². The monoisotopic (exact) mass is 332 g/mol. The van der Waals surface area contributed by atoms with E-state index < -0.39 is 0 Å². The van der Waals surface area contributed by atoms with Crippen LogP contribution in [0.5, 0.6) is 5.75 Å². The van der Waals surface area contributed by atoms with Crippen molar-refractivity contribution < 1.29 is 14.3 Å². The van der Waals surface area contributed by atoms with Crippen LogP contribution >= 0.6 is 0 Å². The molecule has 0 atom stereocenters. The Kier molecular flexibility index (Phi) is 7.09. The Hall–Kier alpha value is -2.04. The smallest absolute Gasteiger partial charge is 0.221 e. The molecule has 1 aromatic rings. The number of nitrogens with zero attached hydrogens (tertiary/aromatic N) is 1. The zero-order valence-corrected chi connectivity index (χ0v) is 14.7. The molecule has 1 N–H and O–H groups in total. The first-order chi connectivity index (χ1) is 11.6. The number of carbonyl (C=O) groups excluding carboxylic acids is 2. The van der Waals surface area contributed by atoms with Gasteiger partial charge in [-0.2, -0.15) is 0 Å². The number of benzene rings is 1. The Labute approximate surface area is 144 Å². The standard InChI is InChI=1S/C19H28N2O3/c1-15(22)21(13-11-16-7-3-6-10-18(16)24-2)14-12-19(23)20-17-8-4-5-9-17/h3,6-7,10,17H,4-5,8-9,11-14H2,1-2H3,(H,20,23). The molecule has 132 valence electrons. The molecule has 24 heavy (non-hydrogen) atoms. The van der Waals surface area contributed by atoms with Gasteiger partial charge in [0.25, 0.3) is 0 Å². The molecule has 0 bridgehead atoms. The van der Waals surface area contributed by atoms with Crippen molar-refractivity contribution in [3.8, 4) is 5.75 Å². The highest BCUT2D eigenvalue weighted by Crippen LogP contribution is 2.19. The minimum absolute atomic E-state index is 0.00133. The van der Waals surface area contributed by atoms with Gasteiger partial charge in [-0.25, -0.2) is 0 Å². The van der Waals surface area contributed by atoms with Crippen LogP contribution in [0.1, 0.15) is 44.6 Å². The van der Waals surface area contributed by atoms with Crippen LogP contribution in [0.2, 0.25) is 0 Å². The van der Waals surface area contributed by atoms with E-state index in [0.717, 1.165) is 24.2 Å². The first-order valence-electron chi connectivity index (χ1n) is 8.77. The van der Waals surface area contributed by atoms with Crippen molar-refractivity contribution in [1.29, 1.82) is 0 Å². The Morgan fingerprint density at radius 1 is 1.21 bits per heavy atom. The molecule has 1 saturated carbocycles. The molecule has 0 aromatic heterocycles. The van der Waals surface area contributed by atoms with Crippen LogP contribution in [0.4, 0.5) is 0 Å². The summed E-state index contributed by atoms with van der Waals surface area (Å²) in [7, 11) is 1.65. The average Bonchev–Trinajstić information content (AvgIpc) is 3.07. The summed E-state index contributed by atoms with van der Waals surface area (Å²) < 4.78 is 5.34. The lowest BCUT2D eigenvalue weighted by molar-refractivity contribution is -0.129. The maximum atomic E-state index is 12.0. The second-order valence-electron chi connectivity index (χ2n) is 6.37. The summed E-state index contributed by atoms with van der Waals surface area (Å²) in [6, 6.07) is 8.15. The zero-order chi connectivity index (χ0) is 17.4. The van der Waals surface area contributed by atoms with Crippen molar-refractivity contribution in [2.75, 3.05) is 20.2 Å². The third-order valence-electron chi connectivity index (χ3n) is 4.62. The molecule has 5 nitrogen and oxygen atoms in total. The maximum Gasteiger partial charge on any atom is 0.221 e. The first kappa shape index (κ1) is 18.3. The molecule has 0 aliphatic heterocycles. The predicted octanol–water partition coefficient (Wildman–Crippen LogP) is 2.54. The number of methoxy groups -OCH3 is 1. The van der Waals surface area contributed by atoms with Gasteiger partial charge >= 0.3 is 0 Å². The number of nitrogens with one attached hydrogen (secondary N) is 1. The molecule has 0 radical (unpaired) electrons. The molecule has 2 rings (SSSR count). The maximum absolute atomic E-state index is 12.0. The van der Waals surface area contributed by atoms with E-state index >= 15 is 0 Å². The van der Waals surface area contributed by atoms with Crippen LogP contribution in [0.25, 0.3) is 0 Å². The summed E-state index contributed by atoms with van der Waals surface area (Å²) in [5, 5.41) is 3.07. The van der Waals surface area contributed by atoms with Crippen LogP contribution < -0.4 is 10.1 Å². The number of hydrogen-bond acceptors (Lipinski definition) is 3. The highest BCUT2D eigenvalue weighted by molar-refractivity contribution is 5.78. The normalized spacial score (nSPS) is 14.4. The van der Waals surface area contributed by atoms with Crippen LogP contribution in [0.15, 0.2) is 24.3 Å². The van der Waals surface area contributed by atoms with Crippen molar-refractivity contribution in [2.24, 2.45) is 0 Å². The fraction of sp³-hybridized carbons (Fsp3) is 0.579. The summed E-state index contributed by atoms with van der Waals surface area (Å²) in [4.78, 5) is 25.6. The van der Waals surface area contributed by atoms with Crippen LogP contribution in [-0.2, 0) is 16.0 Å². The Morgan fingerprint density at radius 3 is 2.58 bits per heavy atom. The van der Waals surface area contributed by atoms with Crippen molar-refractivity contribution in [3.05, 3.63) is 29.8 Å². The molecule has 0 unspecified atom stereocenters. The SMILES string of the molecule is COc1ccccc1CCN(CCC(=O)NC1CCCC1)C(C)=O. The Morgan fingerprint density at radius 2 is 1.92 bits per heavy atom. The largest absolute Gasteiger partial charge is 0.496 e. The van der Waals surface area contributed by atoms with E-state index in [2.05, 4.69) is 5.32 Å². The van der Waals surface area contributed by atoms with E-state index in [-0.39, 0.29) is 11.8 Å². The van der Waals surface area contributed by atoms with Crippen molar-refractivity contribution >= 4 is 11.8 Å². The van der Waals surface area contributed by atoms with Gasteiger partial charge in [-0.1, -0.05) is 31.0 Å². The average molecular weight is 332 g/mol. The van der Waals surface area contributed by atoms with Gasteiger partial charge in [0.15, 0.2) is 0 Å².